The molecule has 5 heterocycles. The second-order valence-electron chi connectivity index (χ2n) is 10.6. The molecule has 0 radical (unpaired) electrons. The molecule has 1 N–H and O–H groups in total. The zero-order valence-electron chi connectivity index (χ0n) is 25.3. The van der Waals surface area contributed by atoms with Crippen LogP contribution in [-0.2, 0) is 12.4 Å². The standard InChI is InChI=1S/C20H14F3N3O3.C14H11F3N2O/c21-20(22,23)14-4-1-3-13(11-14)16-6-7-17-18(25-16)26(9-10-28-17)19(27)29-15-5-2-8-24-12-15;15-14(16,17)10-3-1-2-9(8-10)11-4-5-12-13(19-11)18-6-7-20-12/h1-8,11-12H,9-10H2;1-5,8H,6-7H2,(H,18,19). The molecule has 2 aliphatic rings. The van der Waals surface area contributed by atoms with E-state index in [0.717, 1.165) is 24.3 Å². The Morgan fingerprint density at radius 1 is 0.755 bits per heavy atom. The maximum Gasteiger partial charge on any atom is 0.421 e. The molecule has 5 aromatic rings. The van der Waals surface area contributed by atoms with Crippen LogP contribution >= 0.6 is 0 Å². The second kappa shape index (κ2) is 13.7. The Labute approximate surface area is 275 Å². The molecule has 49 heavy (non-hydrogen) atoms. The van der Waals surface area contributed by atoms with E-state index >= 15 is 0 Å². The van der Waals surface area contributed by atoms with E-state index in [1.54, 1.807) is 48.7 Å². The molecule has 0 atom stereocenters. The molecule has 0 aliphatic carbocycles. The maximum absolute atomic E-state index is 13.0. The van der Waals surface area contributed by atoms with Gasteiger partial charge in [-0.1, -0.05) is 24.3 Å². The third-order valence-electron chi connectivity index (χ3n) is 7.21. The minimum atomic E-state index is -4.47. The minimum absolute atomic E-state index is 0.181. The van der Waals surface area contributed by atoms with Crippen LogP contribution in [0.2, 0.25) is 0 Å². The van der Waals surface area contributed by atoms with Gasteiger partial charge >= 0.3 is 18.4 Å². The summed E-state index contributed by atoms with van der Waals surface area (Å²) in [6, 6.07) is 19.6. The lowest BCUT2D eigenvalue weighted by atomic mass is 10.1. The predicted molar refractivity (Wildman–Crippen MR) is 166 cm³/mol. The van der Waals surface area contributed by atoms with Crippen molar-refractivity contribution in [3.8, 4) is 39.8 Å². The number of fused-ring (bicyclic) bond motifs is 2. The summed E-state index contributed by atoms with van der Waals surface area (Å²) in [5.74, 6) is 1.97. The smallest absolute Gasteiger partial charge is 0.421 e. The van der Waals surface area contributed by atoms with Crippen LogP contribution in [0.3, 0.4) is 0 Å². The number of anilines is 2. The maximum atomic E-state index is 13.0. The van der Waals surface area contributed by atoms with E-state index in [2.05, 4.69) is 20.3 Å². The molecule has 3 aromatic heterocycles. The number of rotatable bonds is 3. The number of hydrogen-bond donors (Lipinski definition) is 1. The number of aromatic nitrogens is 3. The Kier molecular flexibility index (Phi) is 9.25. The summed E-state index contributed by atoms with van der Waals surface area (Å²) >= 11 is 0. The van der Waals surface area contributed by atoms with Crippen molar-refractivity contribution in [2.75, 3.05) is 36.5 Å². The highest BCUT2D eigenvalue weighted by atomic mass is 19.4. The van der Waals surface area contributed by atoms with Crippen LogP contribution in [0.15, 0.2) is 97.3 Å². The quantitative estimate of drug-likeness (QED) is 0.191. The van der Waals surface area contributed by atoms with Crippen molar-refractivity contribution < 1.29 is 45.3 Å². The first-order valence-corrected chi connectivity index (χ1v) is 14.7. The Bertz CT molecular complexity index is 1960. The fourth-order valence-electron chi connectivity index (χ4n) is 4.89. The second-order valence-corrected chi connectivity index (χ2v) is 10.6. The monoisotopic (exact) mass is 681 g/mol. The highest BCUT2D eigenvalue weighted by molar-refractivity contribution is 5.90. The van der Waals surface area contributed by atoms with Crippen molar-refractivity contribution in [1.82, 2.24) is 15.0 Å². The summed E-state index contributed by atoms with van der Waals surface area (Å²) in [6.07, 6.45) is -6.56. The molecule has 7 rings (SSSR count). The van der Waals surface area contributed by atoms with Gasteiger partial charge in [-0.15, -0.1) is 0 Å². The van der Waals surface area contributed by atoms with Crippen LogP contribution in [0.1, 0.15) is 11.1 Å². The average molecular weight is 682 g/mol. The van der Waals surface area contributed by atoms with Gasteiger partial charge in [0, 0.05) is 17.3 Å². The Balaban J connectivity index is 0.000000182. The molecule has 0 spiro atoms. The largest absolute Gasteiger partial charge is 0.488 e. The summed E-state index contributed by atoms with van der Waals surface area (Å²) in [7, 11) is 0. The first kappa shape index (κ1) is 33.1. The van der Waals surface area contributed by atoms with Crippen LogP contribution in [0.5, 0.6) is 17.2 Å². The molecular formula is C34H25F6N5O4. The first-order valence-electron chi connectivity index (χ1n) is 14.7. The van der Waals surface area contributed by atoms with Crippen molar-refractivity contribution in [2.45, 2.75) is 12.4 Å². The number of alkyl halides is 6. The van der Waals surface area contributed by atoms with E-state index in [4.69, 9.17) is 14.2 Å². The number of nitrogens with one attached hydrogen (secondary N) is 1. The van der Waals surface area contributed by atoms with Gasteiger partial charge in [0.05, 0.1) is 41.8 Å². The van der Waals surface area contributed by atoms with Crippen LogP contribution in [-0.4, -0.2) is 47.3 Å². The van der Waals surface area contributed by atoms with Crippen LogP contribution in [0.4, 0.5) is 42.8 Å². The summed E-state index contributed by atoms with van der Waals surface area (Å²) in [4.78, 5) is 26.4. The van der Waals surface area contributed by atoms with Crippen molar-refractivity contribution >= 4 is 17.7 Å². The van der Waals surface area contributed by atoms with Crippen molar-refractivity contribution in [3.05, 3.63) is 108 Å². The van der Waals surface area contributed by atoms with Gasteiger partial charge in [0.25, 0.3) is 0 Å². The number of carbonyl (C=O) groups excluding carboxylic acids is 1. The number of pyridine rings is 3. The van der Waals surface area contributed by atoms with E-state index < -0.39 is 29.6 Å². The Hall–Kier alpha value is -5.86. The predicted octanol–water partition coefficient (Wildman–Crippen LogP) is 8.13. The molecule has 9 nitrogen and oxygen atoms in total. The molecule has 1 amide bonds. The van der Waals surface area contributed by atoms with Crippen molar-refractivity contribution in [2.24, 2.45) is 0 Å². The lowest BCUT2D eigenvalue weighted by molar-refractivity contribution is -0.138. The molecule has 2 aromatic carbocycles. The number of amides is 1. The highest BCUT2D eigenvalue weighted by Crippen LogP contribution is 2.36. The normalized spacial score (nSPS) is 13.7. The molecule has 0 bridgehead atoms. The number of benzene rings is 2. The van der Waals surface area contributed by atoms with Gasteiger partial charge < -0.3 is 19.5 Å². The number of nitrogens with zero attached hydrogens (tertiary/aromatic N) is 4. The van der Waals surface area contributed by atoms with E-state index in [0.29, 0.717) is 41.7 Å². The number of carbonyl (C=O) groups is 1. The van der Waals surface area contributed by atoms with Gasteiger partial charge in [-0.05, 0) is 60.7 Å². The molecule has 252 valence electrons. The molecule has 0 fully saturated rings. The summed E-state index contributed by atoms with van der Waals surface area (Å²) in [5.41, 5.74) is -0.00602. The van der Waals surface area contributed by atoms with E-state index in [1.807, 2.05) is 0 Å². The third kappa shape index (κ3) is 7.83. The van der Waals surface area contributed by atoms with Gasteiger partial charge in [0.2, 0.25) is 0 Å². The zero-order chi connectivity index (χ0) is 34.6. The molecule has 0 saturated carbocycles. The molecule has 15 heteroatoms. The Morgan fingerprint density at radius 3 is 2.02 bits per heavy atom. The van der Waals surface area contributed by atoms with Crippen molar-refractivity contribution in [1.29, 1.82) is 0 Å². The lowest BCUT2D eigenvalue weighted by Crippen LogP contribution is -2.40. The molecule has 0 saturated heterocycles. The van der Waals surface area contributed by atoms with Gasteiger partial charge in [-0.2, -0.15) is 26.3 Å². The fraction of sp³-hybridized carbons (Fsp3) is 0.176. The molecule has 2 aliphatic heterocycles. The average Bonchev–Trinajstić information content (AvgIpc) is 3.11. The van der Waals surface area contributed by atoms with Gasteiger partial charge in [0.15, 0.2) is 28.9 Å². The summed E-state index contributed by atoms with van der Waals surface area (Å²) < 4.78 is 93.4. The van der Waals surface area contributed by atoms with Gasteiger partial charge in [-0.3, -0.25) is 9.88 Å². The first-order chi connectivity index (χ1) is 23.5. The van der Waals surface area contributed by atoms with E-state index in [9.17, 15) is 31.1 Å². The molecule has 0 unspecified atom stereocenters. The zero-order valence-corrected chi connectivity index (χ0v) is 25.3. The molecular weight excluding hydrogens is 656 g/mol. The van der Waals surface area contributed by atoms with Gasteiger partial charge in [-0.25, -0.2) is 14.8 Å². The third-order valence-corrected chi connectivity index (χ3v) is 7.21. The number of halogens is 6. The highest BCUT2D eigenvalue weighted by Gasteiger charge is 2.32. The van der Waals surface area contributed by atoms with E-state index in [-0.39, 0.29) is 36.0 Å². The van der Waals surface area contributed by atoms with Crippen molar-refractivity contribution in [3.63, 3.8) is 0 Å². The van der Waals surface area contributed by atoms with Crippen LogP contribution in [0, 0.1) is 0 Å². The van der Waals surface area contributed by atoms with E-state index in [1.165, 1.54) is 29.3 Å². The fourth-order valence-corrected chi connectivity index (χ4v) is 4.89. The summed E-state index contributed by atoms with van der Waals surface area (Å²) in [5, 5.41) is 3.06. The van der Waals surface area contributed by atoms with Crippen LogP contribution in [0.25, 0.3) is 22.5 Å². The summed E-state index contributed by atoms with van der Waals surface area (Å²) in [6.45, 7) is 1.61. The lowest BCUT2D eigenvalue weighted by Gasteiger charge is -2.28. The SMILES string of the molecule is FC(F)(F)c1cccc(-c2ccc3c(n2)NCCO3)c1.O=C(Oc1cccnc1)N1CCOc2ccc(-c3cccc(C(F)(F)F)c3)nc21. The topological polar surface area (TPSA) is 98.7 Å². The number of ether oxygens (including phenoxy) is 3. The Morgan fingerprint density at radius 2 is 1.39 bits per heavy atom. The van der Waals surface area contributed by atoms with Crippen LogP contribution < -0.4 is 24.4 Å². The number of hydrogen-bond acceptors (Lipinski definition) is 8. The van der Waals surface area contributed by atoms with Gasteiger partial charge in [0.1, 0.15) is 13.2 Å². The minimum Gasteiger partial charge on any atom is -0.488 e.